The van der Waals surface area contributed by atoms with E-state index in [2.05, 4.69) is 22.7 Å². The molecular formula is C9H9ClFN3S. The van der Waals surface area contributed by atoms with Crippen molar-refractivity contribution in [2.75, 3.05) is 0 Å². The first-order valence-electron chi connectivity index (χ1n) is 4.05. The van der Waals surface area contributed by atoms with Crippen LogP contribution in [0.4, 0.5) is 4.39 Å². The van der Waals surface area contributed by atoms with Crippen LogP contribution >= 0.6 is 23.8 Å². The molecule has 0 spiro atoms. The summed E-state index contributed by atoms with van der Waals surface area (Å²) in [7, 11) is 0. The zero-order chi connectivity index (χ0) is 11.4. The number of benzene rings is 1. The molecule has 0 bridgehead atoms. The molecule has 0 saturated heterocycles. The molecule has 0 fully saturated rings. The van der Waals surface area contributed by atoms with Crippen LogP contribution in [0.25, 0.3) is 0 Å². The van der Waals surface area contributed by atoms with Crippen LogP contribution in [-0.2, 0) is 0 Å². The third-order valence-corrected chi connectivity index (χ3v) is 2.15. The van der Waals surface area contributed by atoms with Crippen LogP contribution in [0.15, 0.2) is 17.2 Å². The average molecular weight is 246 g/mol. The van der Waals surface area contributed by atoms with Gasteiger partial charge in [0.05, 0.1) is 6.21 Å². The van der Waals surface area contributed by atoms with Crippen molar-refractivity contribution in [3.05, 3.63) is 34.1 Å². The van der Waals surface area contributed by atoms with Crippen molar-refractivity contribution in [3.63, 3.8) is 0 Å². The summed E-state index contributed by atoms with van der Waals surface area (Å²) in [5.74, 6) is -0.445. The molecule has 0 unspecified atom stereocenters. The van der Waals surface area contributed by atoms with Gasteiger partial charge in [0.25, 0.3) is 0 Å². The smallest absolute Gasteiger partial charge is 0.184 e. The molecule has 0 aliphatic rings. The number of halogens is 2. The first-order valence-corrected chi connectivity index (χ1v) is 4.83. The first-order chi connectivity index (χ1) is 7.00. The van der Waals surface area contributed by atoms with Gasteiger partial charge in [-0.05, 0) is 36.8 Å². The van der Waals surface area contributed by atoms with E-state index in [-0.39, 0.29) is 5.11 Å². The van der Waals surface area contributed by atoms with Gasteiger partial charge in [0.2, 0.25) is 0 Å². The quantitative estimate of drug-likeness (QED) is 0.476. The summed E-state index contributed by atoms with van der Waals surface area (Å²) in [6.45, 7) is 1.78. The lowest BCUT2D eigenvalue weighted by molar-refractivity contribution is 0.625. The largest absolute Gasteiger partial charge is 0.375 e. The lowest BCUT2D eigenvalue weighted by Gasteiger charge is -2.01. The highest BCUT2D eigenvalue weighted by atomic mass is 35.5. The Morgan fingerprint density at radius 1 is 1.67 bits per heavy atom. The normalized spacial score (nSPS) is 10.6. The van der Waals surface area contributed by atoms with E-state index in [9.17, 15) is 4.39 Å². The van der Waals surface area contributed by atoms with Crippen LogP contribution in [-0.4, -0.2) is 11.3 Å². The molecule has 6 heteroatoms. The number of aryl methyl sites for hydroxylation is 1. The summed E-state index contributed by atoms with van der Waals surface area (Å²) >= 11 is 10.3. The van der Waals surface area contributed by atoms with E-state index >= 15 is 0 Å². The van der Waals surface area contributed by atoms with Crippen LogP contribution in [0.2, 0.25) is 5.02 Å². The third-order valence-electron chi connectivity index (χ3n) is 1.66. The zero-order valence-electron chi connectivity index (χ0n) is 7.92. The Kier molecular flexibility index (Phi) is 3.99. The van der Waals surface area contributed by atoms with Gasteiger partial charge >= 0.3 is 0 Å². The van der Waals surface area contributed by atoms with Gasteiger partial charge in [-0.1, -0.05) is 11.6 Å². The number of hydrogen-bond donors (Lipinski definition) is 2. The van der Waals surface area contributed by atoms with Crippen molar-refractivity contribution >= 4 is 35.1 Å². The van der Waals surface area contributed by atoms with E-state index in [1.807, 2.05) is 0 Å². The van der Waals surface area contributed by atoms with Gasteiger partial charge in [0.15, 0.2) is 5.11 Å². The molecule has 0 aromatic heterocycles. The molecule has 1 aromatic rings. The molecule has 1 aromatic carbocycles. The minimum atomic E-state index is -0.445. The van der Waals surface area contributed by atoms with Crippen molar-refractivity contribution in [3.8, 4) is 0 Å². The molecular weight excluding hydrogens is 237 g/mol. The Morgan fingerprint density at radius 3 is 2.93 bits per heavy atom. The lowest BCUT2D eigenvalue weighted by Crippen LogP contribution is -2.24. The average Bonchev–Trinajstić information content (AvgIpc) is 2.13. The molecule has 3 N–H and O–H groups in total. The lowest BCUT2D eigenvalue weighted by atomic mass is 10.1. The highest BCUT2D eigenvalue weighted by molar-refractivity contribution is 7.80. The van der Waals surface area contributed by atoms with Gasteiger partial charge < -0.3 is 5.73 Å². The van der Waals surface area contributed by atoms with E-state index < -0.39 is 5.82 Å². The number of nitrogens with one attached hydrogen (secondary N) is 1. The zero-order valence-corrected chi connectivity index (χ0v) is 9.49. The second kappa shape index (κ2) is 5.04. The number of hydrogen-bond acceptors (Lipinski definition) is 2. The van der Waals surface area contributed by atoms with Gasteiger partial charge in [0, 0.05) is 10.6 Å². The Morgan fingerprint density at radius 2 is 2.33 bits per heavy atom. The van der Waals surface area contributed by atoms with Crippen molar-refractivity contribution < 1.29 is 4.39 Å². The summed E-state index contributed by atoms with van der Waals surface area (Å²) in [4.78, 5) is 0. The maximum atomic E-state index is 13.3. The van der Waals surface area contributed by atoms with E-state index in [4.69, 9.17) is 17.3 Å². The topological polar surface area (TPSA) is 50.4 Å². The maximum absolute atomic E-state index is 13.3. The molecule has 0 atom stereocenters. The molecule has 0 radical (unpaired) electrons. The summed E-state index contributed by atoms with van der Waals surface area (Å²) in [6.07, 6.45) is 1.29. The minimum Gasteiger partial charge on any atom is -0.375 e. The molecule has 0 heterocycles. The Balaban J connectivity index is 2.90. The summed E-state index contributed by atoms with van der Waals surface area (Å²) < 4.78 is 13.3. The summed E-state index contributed by atoms with van der Waals surface area (Å²) in [6, 6.07) is 2.82. The Bertz CT molecular complexity index is 420. The van der Waals surface area contributed by atoms with E-state index in [0.29, 0.717) is 10.6 Å². The molecule has 1 rings (SSSR count). The second-order valence-corrected chi connectivity index (χ2v) is 3.70. The van der Waals surface area contributed by atoms with E-state index in [0.717, 1.165) is 5.56 Å². The predicted molar refractivity (Wildman–Crippen MR) is 63.7 cm³/mol. The molecule has 0 saturated carbocycles. The van der Waals surface area contributed by atoms with Gasteiger partial charge in [0.1, 0.15) is 5.82 Å². The van der Waals surface area contributed by atoms with Crippen LogP contribution in [0, 0.1) is 12.7 Å². The van der Waals surface area contributed by atoms with Crippen molar-refractivity contribution in [2.24, 2.45) is 10.8 Å². The van der Waals surface area contributed by atoms with E-state index in [1.54, 1.807) is 13.0 Å². The number of nitrogens with two attached hydrogens (primary N) is 1. The molecule has 80 valence electrons. The number of nitrogens with zero attached hydrogens (tertiary/aromatic N) is 1. The molecule has 0 aliphatic carbocycles. The molecule has 0 amide bonds. The fraction of sp³-hybridized carbons (Fsp3) is 0.111. The van der Waals surface area contributed by atoms with Gasteiger partial charge in [-0.25, -0.2) is 4.39 Å². The molecule has 15 heavy (non-hydrogen) atoms. The minimum absolute atomic E-state index is 0.0253. The summed E-state index contributed by atoms with van der Waals surface area (Å²) in [5, 5.41) is 4.06. The first kappa shape index (κ1) is 11.9. The van der Waals surface area contributed by atoms with Gasteiger partial charge in [-0.15, -0.1) is 0 Å². The second-order valence-electron chi connectivity index (χ2n) is 2.86. The van der Waals surface area contributed by atoms with Gasteiger partial charge in [-0.2, -0.15) is 5.10 Å². The highest BCUT2D eigenvalue weighted by Crippen LogP contribution is 2.18. The van der Waals surface area contributed by atoms with Crippen LogP contribution in [0.5, 0.6) is 0 Å². The van der Waals surface area contributed by atoms with Crippen molar-refractivity contribution in [1.29, 1.82) is 0 Å². The SMILES string of the molecule is Cc1cc(C=NNC(N)=S)c(F)cc1Cl. The predicted octanol–water partition coefficient (Wildman–Crippen LogP) is 1.95. The van der Waals surface area contributed by atoms with Gasteiger partial charge in [-0.3, -0.25) is 5.43 Å². The fourth-order valence-electron chi connectivity index (χ4n) is 0.944. The summed E-state index contributed by atoms with van der Waals surface area (Å²) in [5.41, 5.74) is 8.57. The highest BCUT2D eigenvalue weighted by Gasteiger charge is 2.03. The Labute approximate surface area is 97.1 Å². The number of thiocarbonyl (C=S) groups is 1. The molecule has 3 nitrogen and oxygen atoms in total. The fourth-order valence-corrected chi connectivity index (χ4v) is 1.15. The monoisotopic (exact) mass is 245 g/mol. The Hall–Kier alpha value is -1.20. The number of hydrazone groups is 1. The van der Waals surface area contributed by atoms with Crippen molar-refractivity contribution in [2.45, 2.75) is 6.92 Å². The third kappa shape index (κ3) is 3.45. The van der Waals surface area contributed by atoms with Crippen LogP contribution < -0.4 is 11.2 Å². The van der Waals surface area contributed by atoms with Crippen LogP contribution in [0.1, 0.15) is 11.1 Å². The number of rotatable bonds is 2. The maximum Gasteiger partial charge on any atom is 0.184 e. The standard InChI is InChI=1S/C9H9ClFN3S/c1-5-2-6(4-13-14-9(12)15)8(11)3-7(5)10/h2-4H,1H3,(H3,12,14,15). The van der Waals surface area contributed by atoms with Crippen LogP contribution in [0.3, 0.4) is 0 Å². The van der Waals surface area contributed by atoms with Crippen molar-refractivity contribution in [1.82, 2.24) is 5.43 Å². The van der Waals surface area contributed by atoms with E-state index in [1.165, 1.54) is 12.3 Å². The molecule has 0 aliphatic heterocycles.